The zero-order valence-corrected chi connectivity index (χ0v) is 11.2. The van der Waals surface area contributed by atoms with Crippen molar-refractivity contribution in [3.63, 3.8) is 0 Å². The molecule has 0 spiro atoms. The van der Waals surface area contributed by atoms with E-state index in [9.17, 15) is 4.79 Å². The Hall–Kier alpha value is -1.51. The third-order valence-electron chi connectivity index (χ3n) is 4.00. The van der Waals surface area contributed by atoms with Crippen molar-refractivity contribution in [1.82, 2.24) is 5.32 Å². The Morgan fingerprint density at radius 2 is 2.11 bits per heavy atom. The van der Waals surface area contributed by atoms with E-state index < -0.39 is 0 Å². The molecule has 0 radical (unpaired) electrons. The van der Waals surface area contributed by atoms with Crippen LogP contribution in [0.1, 0.15) is 36.5 Å². The third-order valence-corrected chi connectivity index (χ3v) is 4.00. The number of benzene rings is 1. The fourth-order valence-electron chi connectivity index (χ4n) is 2.74. The Morgan fingerprint density at radius 1 is 1.33 bits per heavy atom. The van der Waals surface area contributed by atoms with Gasteiger partial charge in [0.2, 0.25) is 0 Å². The van der Waals surface area contributed by atoms with Crippen LogP contribution in [0.2, 0.25) is 0 Å². The van der Waals surface area contributed by atoms with Crippen LogP contribution < -0.4 is 10.6 Å². The first-order valence-corrected chi connectivity index (χ1v) is 6.77. The lowest BCUT2D eigenvalue weighted by Crippen LogP contribution is -2.30. The van der Waals surface area contributed by atoms with Gasteiger partial charge in [0.25, 0.3) is 5.91 Å². The zero-order chi connectivity index (χ0) is 13.0. The summed E-state index contributed by atoms with van der Waals surface area (Å²) in [6, 6.07) is 7.61. The SMILES string of the molecule is CNc1ccccc1C(=O)NCC1CCCC1C. The summed E-state index contributed by atoms with van der Waals surface area (Å²) in [4.78, 5) is 12.1. The summed E-state index contributed by atoms with van der Waals surface area (Å²) in [7, 11) is 1.84. The summed E-state index contributed by atoms with van der Waals surface area (Å²) in [6.07, 6.45) is 3.84. The van der Waals surface area contributed by atoms with Gasteiger partial charge in [-0.05, 0) is 30.4 Å². The second-order valence-corrected chi connectivity index (χ2v) is 5.17. The summed E-state index contributed by atoms with van der Waals surface area (Å²) in [6.45, 7) is 3.09. The molecule has 0 heterocycles. The fourth-order valence-corrected chi connectivity index (χ4v) is 2.74. The molecule has 2 atom stereocenters. The minimum absolute atomic E-state index is 0.0269. The first-order chi connectivity index (χ1) is 8.72. The van der Waals surface area contributed by atoms with Crippen molar-refractivity contribution in [3.05, 3.63) is 29.8 Å². The van der Waals surface area contributed by atoms with Crippen molar-refractivity contribution in [2.75, 3.05) is 18.9 Å². The number of amides is 1. The van der Waals surface area contributed by atoms with E-state index in [2.05, 4.69) is 17.6 Å². The third kappa shape index (κ3) is 2.84. The molecule has 18 heavy (non-hydrogen) atoms. The first-order valence-electron chi connectivity index (χ1n) is 6.77. The second kappa shape index (κ2) is 5.89. The van der Waals surface area contributed by atoms with Crippen molar-refractivity contribution in [2.24, 2.45) is 11.8 Å². The van der Waals surface area contributed by atoms with Crippen molar-refractivity contribution < 1.29 is 4.79 Å². The highest BCUT2D eigenvalue weighted by molar-refractivity contribution is 5.99. The van der Waals surface area contributed by atoms with Gasteiger partial charge in [0.15, 0.2) is 0 Å². The van der Waals surface area contributed by atoms with Gasteiger partial charge in [-0.1, -0.05) is 31.9 Å². The molecule has 1 aliphatic carbocycles. The molecular formula is C15H22N2O. The Labute approximate surface area is 109 Å². The normalized spacial score (nSPS) is 22.8. The van der Waals surface area contributed by atoms with Crippen LogP contribution in [0.3, 0.4) is 0 Å². The number of nitrogens with one attached hydrogen (secondary N) is 2. The topological polar surface area (TPSA) is 41.1 Å². The van der Waals surface area contributed by atoms with E-state index in [4.69, 9.17) is 0 Å². The van der Waals surface area contributed by atoms with Crippen LogP contribution in [0.5, 0.6) is 0 Å². The van der Waals surface area contributed by atoms with Gasteiger partial charge in [-0.2, -0.15) is 0 Å². The quantitative estimate of drug-likeness (QED) is 0.857. The Morgan fingerprint density at radius 3 is 2.78 bits per heavy atom. The summed E-state index contributed by atoms with van der Waals surface area (Å²) >= 11 is 0. The largest absolute Gasteiger partial charge is 0.387 e. The average molecular weight is 246 g/mol. The maximum absolute atomic E-state index is 12.1. The second-order valence-electron chi connectivity index (χ2n) is 5.17. The summed E-state index contributed by atoms with van der Waals surface area (Å²) in [5, 5.41) is 6.12. The van der Waals surface area contributed by atoms with Gasteiger partial charge in [-0.3, -0.25) is 4.79 Å². The molecule has 3 nitrogen and oxygen atoms in total. The van der Waals surface area contributed by atoms with Crippen LogP contribution >= 0.6 is 0 Å². The van der Waals surface area contributed by atoms with Crippen LogP contribution in [0.15, 0.2) is 24.3 Å². The van der Waals surface area contributed by atoms with Gasteiger partial charge >= 0.3 is 0 Å². The molecule has 1 aliphatic rings. The lowest BCUT2D eigenvalue weighted by Gasteiger charge is -2.16. The highest BCUT2D eigenvalue weighted by Gasteiger charge is 2.23. The van der Waals surface area contributed by atoms with Crippen LogP contribution in [-0.4, -0.2) is 19.5 Å². The molecule has 3 heteroatoms. The molecule has 0 bridgehead atoms. The van der Waals surface area contributed by atoms with Gasteiger partial charge in [0, 0.05) is 19.3 Å². The monoisotopic (exact) mass is 246 g/mol. The molecule has 0 aliphatic heterocycles. The molecule has 0 aromatic heterocycles. The van der Waals surface area contributed by atoms with Gasteiger partial charge < -0.3 is 10.6 Å². The number of hydrogen-bond donors (Lipinski definition) is 2. The minimum atomic E-state index is 0.0269. The van der Waals surface area contributed by atoms with E-state index in [1.54, 1.807) is 0 Å². The summed E-state index contributed by atoms with van der Waals surface area (Å²) in [5.41, 5.74) is 1.61. The predicted octanol–water partition coefficient (Wildman–Crippen LogP) is 2.89. The van der Waals surface area contributed by atoms with Gasteiger partial charge in [0.1, 0.15) is 0 Å². The standard InChI is InChI=1S/C15H22N2O/c1-11-6-5-7-12(11)10-17-15(18)13-8-3-4-9-14(13)16-2/h3-4,8-9,11-12,16H,5-7,10H2,1-2H3,(H,17,18). The van der Waals surface area contributed by atoms with Crippen LogP contribution in [0, 0.1) is 11.8 Å². The number of anilines is 1. The lowest BCUT2D eigenvalue weighted by molar-refractivity contribution is 0.0945. The number of carbonyl (C=O) groups excluding carboxylic acids is 1. The molecule has 2 unspecified atom stereocenters. The Balaban J connectivity index is 1.95. The zero-order valence-electron chi connectivity index (χ0n) is 11.2. The number of carbonyl (C=O) groups is 1. The fraction of sp³-hybridized carbons (Fsp3) is 0.533. The van der Waals surface area contributed by atoms with Crippen molar-refractivity contribution in [1.29, 1.82) is 0 Å². The van der Waals surface area contributed by atoms with E-state index in [0.29, 0.717) is 5.92 Å². The number of rotatable bonds is 4. The van der Waals surface area contributed by atoms with Gasteiger partial charge in [0.05, 0.1) is 5.56 Å². The summed E-state index contributed by atoms with van der Waals surface area (Å²) < 4.78 is 0. The maximum Gasteiger partial charge on any atom is 0.253 e. The highest BCUT2D eigenvalue weighted by atomic mass is 16.1. The molecule has 2 rings (SSSR count). The van der Waals surface area contributed by atoms with E-state index >= 15 is 0 Å². The van der Waals surface area contributed by atoms with Crippen LogP contribution in [0.25, 0.3) is 0 Å². The van der Waals surface area contributed by atoms with Crippen LogP contribution in [0.4, 0.5) is 5.69 Å². The molecule has 1 saturated carbocycles. The molecule has 1 fully saturated rings. The Bertz CT molecular complexity index is 417. The predicted molar refractivity (Wildman–Crippen MR) is 74.8 cm³/mol. The molecule has 0 saturated heterocycles. The van der Waals surface area contributed by atoms with E-state index in [1.807, 2.05) is 31.3 Å². The summed E-state index contributed by atoms with van der Waals surface area (Å²) in [5.74, 6) is 1.42. The van der Waals surface area contributed by atoms with E-state index in [1.165, 1.54) is 19.3 Å². The van der Waals surface area contributed by atoms with Crippen molar-refractivity contribution >= 4 is 11.6 Å². The van der Waals surface area contributed by atoms with Crippen molar-refractivity contribution in [2.45, 2.75) is 26.2 Å². The smallest absolute Gasteiger partial charge is 0.253 e. The number of hydrogen-bond acceptors (Lipinski definition) is 2. The maximum atomic E-state index is 12.1. The van der Waals surface area contributed by atoms with E-state index in [-0.39, 0.29) is 5.91 Å². The van der Waals surface area contributed by atoms with Gasteiger partial charge in [-0.15, -0.1) is 0 Å². The Kier molecular flexibility index (Phi) is 4.24. The minimum Gasteiger partial charge on any atom is -0.387 e. The van der Waals surface area contributed by atoms with E-state index in [0.717, 1.165) is 23.7 Å². The van der Waals surface area contributed by atoms with Gasteiger partial charge in [-0.25, -0.2) is 0 Å². The number of para-hydroxylation sites is 1. The molecule has 98 valence electrons. The molecule has 1 aromatic rings. The van der Waals surface area contributed by atoms with Crippen LogP contribution in [-0.2, 0) is 0 Å². The molecule has 1 amide bonds. The highest BCUT2D eigenvalue weighted by Crippen LogP contribution is 2.30. The first kappa shape index (κ1) is 12.9. The molecular weight excluding hydrogens is 224 g/mol. The average Bonchev–Trinajstić information content (AvgIpc) is 2.81. The lowest BCUT2D eigenvalue weighted by atomic mass is 9.98. The molecule has 1 aromatic carbocycles. The molecule has 2 N–H and O–H groups in total. The van der Waals surface area contributed by atoms with Crippen molar-refractivity contribution in [3.8, 4) is 0 Å².